The van der Waals surface area contributed by atoms with Gasteiger partial charge in [-0.3, -0.25) is 14.4 Å². The van der Waals surface area contributed by atoms with Crippen molar-refractivity contribution in [1.82, 2.24) is 4.90 Å². The maximum absolute atomic E-state index is 12.7. The highest BCUT2D eigenvalue weighted by Crippen LogP contribution is 2.31. The Morgan fingerprint density at radius 2 is 1.57 bits per heavy atom. The van der Waals surface area contributed by atoms with Crippen molar-refractivity contribution >= 4 is 29.1 Å². The lowest BCUT2D eigenvalue weighted by Gasteiger charge is -2.22. The van der Waals surface area contributed by atoms with Crippen molar-refractivity contribution in [1.29, 1.82) is 0 Å². The number of nitrogens with one attached hydrogen (secondary N) is 2. The summed E-state index contributed by atoms with van der Waals surface area (Å²) < 4.78 is 11.0. The maximum Gasteiger partial charge on any atom is 0.243 e. The molecule has 0 aliphatic carbocycles. The van der Waals surface area contributed by atoms with Gasteiger partial charge in [-0.2, -0.15) is 0 Å². The molecular formula is C22H25N3O5. The van der Waals surface area contributed by atoms with Crippen molar-refractivity contribution in [2.45, 2.75) is 20.3 Å². The standard InChI is InChI=1S/C22H25N3O5/c1-3-25(14-21(27)24-18-7-5-17(6-8-18)23-15(2)26)22(28)13-16-4-9-19-20(12-16)30-11-10-29-19/h4-9,12H,3,10-11,13-14H2,1-2H3,(H,23,26)(H,24,27). The first-order valence-corrected chi connectivity index (χ1v) is 9.78. The number of nitrogens with zero attached hydrogens (tertiary/aromatic N) is 1. The number of hydrogen-bond acceptors (Lipinski definition) is 5. The quantitative estimate of drug-likeness (QED) is 0.730. The largest absolute Gasteiger partial charge is 0.486 e. The summed E-state index contributed by atoms with van der Waals surface area (Å²) in [7, 11) is 0. The molecule has 0 fully saturated rings. The molecule has 3 rings (SSSR count). The van der Waals surface area contributed by atoms with Crippen molar-refractivity contribution in [2.24, 2.45) is 0 Å². The molecule has 30 heavy (non-hydrogen) atoms. The summed E-state index contributed by atoms with van der Waals surface area (Å²) >= 11 is 0. The minimum atomic E-state index is -0.292. The lowest BCUT2D eigenvalue weighted by atomic mass is 10.1. The fraction of sp³-hybridized carbons (Fsp3) is 0.318. The third kappa shape index (κ3) is 5.73. The van der Waals surface area contributed by atoms with E-state index in [1.54, 1.807) is 36.4 Å². The summed E-state index contributed by atoms with van der Waals surface area (Å²) in [6.45, 7) is 4.62. The number of anilines is 2. The average Bonchev–Trinajstić information content (AvgIpc) is 2.73. The van der Waals surface area contributed by atoms with E-state index in [0.717, 1.165) is 5.56 Å². The van der Waals surface area contributed by atoms with Crippen LogP contribution in [0.1, 0.15) is 19.4 Å². The second kappa shape index (κ2) is 9.78. The van der Waals surface area contributed by atoms with E-state index >= 15 is 0 Å². The Hall–Kier alpha value is -3.55. The lowest BCUT2D eigenvalue weighted by molar-refractivity contribution is -0.133. The van der Waals surface area contributed by atoms with E-state index in [9.17, 15) is 14.4 Å². The normalized spacial score (nSPS) is 12.1. The topological polar surface area (TPSA) is 97.0 Å². The van der Waals surface area contributed by atoms with Gasteiger partial charge in [0.2, 0.25) is 17.7 Å². The molecular weight excluding hydrogens is 386 g/mol. The molecule has 3 amide bonds. The molecule has 0 bridgehead atoms. The molecule has 1 heterocycles. The van der Waals surface area contributed by atoms with Crippen LogP contribution in [0, 0.1) is 0 Å². The molecule has 8 heteroatoms. The monoisotopic (exact) mass is 411 g/mol. The summed E-state index contributed by atoms with van der Waals surface area (Å²) in [6, 6.07) is 12.2. The zero-order valence-corrected chi connectivity index (χ0v) is 17.1. The van der Waals surface area contributed by atoms with Gasteiger partial charge in [-0.25, -0.2) is 0 Å². The van der Waals surface area contributed by atoms with E-state index in [1.165, 1.54) is 11.8 Å². The van der Waals surface area contributed by atoms with Gasteiger partial charge in [-0.05, 0) is 48.9 Å². The van der Waals surface area contributed by atoms with Crippen LogP contribution in [0.25, 0.3) is 0 Å². The molecule has 2 aromatic carbocycles. The van der Waals surface area contributed by atoms with Gasteiger partial charge in [0.05, 0.1) is 13.0 Å². The predicted octanol–water partition coefficient (Wildman–Crippen LogP) is 2.45. The lowest BCUT2D eigenvalue weighted by Crippen LogP contribution is -2.38. The Balaban J connectivity index is 1.55. The number of amides is 3. The minimum Gasteiger partial charge on any atom is -0.486 e. The van der Waals surface area contributed by atoms with Crippen molar-refractivity contribution < 1.29 is 23.9 Å². The minimum absolute atomic E-state index is 0.0483. The number of hydrogen-bond donors (Lipinski definition) is 2. The fourth-order valence-electron chi connectivity index (χ4n) is 3.07. The number of benzene rings is 2. The molecule has 1 aliphatic heterocycles. The predicted molar refractivity (Wildman–Crippen MR) is 113 cm³/mol. The maximum atomic E-state index is 12.7. The van der Waals surface area contributed by atoms with Crippen molar-refractivity contribution in [3.8, 4) is 11.5 Å². The molecule has 0 aromatic heterocycles. The number of rotatable bonds is 7. The van der Waals surface area contributed by atoms with Crippen LogP contribution in [-0.2, 0) is 20.8 Å². The van der Waals surface area contributed by atoms with E-state index in [4.69, 9.17) is 9.47 Å². The Kier molecular flexibility index (Phi) is 6.90. The van der Waals surface area contributed by atoms with E-state index in [0.29, 0.717) is 42.6 Å². The highest BCUT2D eigenvalue weighted by Gasteiger charge is 2.18. The van der Waals surface area contributed by atoms with Gasteiger partial charge >= 0.3 is 0 Å². The average molecular weight is 411 g/mol. The summed E-state index contributed by atoms with van der Waals surface area (Å²) in [5, 5.41) is 5.43. The third-order valence-electron chi connectivity index (χ3n) is 4.52. The molecule has 8 nitrogen and oxygen atoms in total. The van der Waals surface area contributed by atoms with E-state index in [2.05, 4.69) is 10.6 Å². The van der Waals surface area contributed by atoms with Crippen molar-refractivity contribution in [3.05, 3.63) is 48.0 Å². The number of likely N-dealkylation sites (N-methyl/N-ethyl adjacent to an activating group) is 1. The van der Waals surface area contributed by atoms with Crippen LogP contribution in [0.3, 0.4) is 0 Å². The number of carbonyl (C=O) groups excluding carboxylic acids is 3. The second-order valence-corrected chi connectivity index (χ2v) is 6.87. The smallest absolute Gasteiger partial charge is 0.243 e. The highest BCUT2D eigenvalue weighted by atomic mass is 16.6. The molecule has 0 unspecified atom stereocenters. The molecule has 0 spiro atoms. The molecule has 1 aliphatic rings. The van der Waals surface area contributed by atoms with Crippen molar-refractivity contribution in [2.75, 3.05) is 36.9 Å². The summed E-state index contributed by atoms with van der Waals surface area (Å²) in [4.78, 5) is 37.6. The van der Waals surface area contributed by atoms with Crippen LogP contribution in [-0.4, -0.2) is 48.9 Å². The molecule has 158 valence electrons. The van der Waals surface area contributed by atoms with E-state index < -0.39 is 0 Å². The van der Waals surface area contributed by atoms with Gasteiger partial charge in [0, 0.05) is 24.8 Å². The van der Waals surface area contributed by atoms with Crippen molar-refractivity contribution in [3.63, 3.8) is 0 Å². The van der Waals surface area contributed by atoms with Crippen LogP contribution >= 0.6 is 0 Å². The summed E-state index contributed by atoms with van der Waals surface area (Å²) in [6.07, 6.45) is 0.170. The Bertz CT molecular complexity index is 927. The third-order valence-corrected chi connectivity index (χ3v) is 4.52. The van der Waals surface area contributed by atoms with Crippen LogP contribution in [0.4, 0.5) is 11.4 Å². The van der Waals surface area contributed by atoms with Gasteiger partial charge < -0.3 is 25.0 Å². The van der Waals surface area contributed by atoms with Crippen LogP contribution in [0.2, 0.25) is 0 Å². The van der Waals surface area contributed by atoms with Gasteiger partial charge in [0.15, 0.2) is 11.5 Å². The zero-order chi connectivity index (χ0) is 21.5. The molecule has 2 aromatic rings. The molecule has 2 N–H and O–H groups in total. The van der Waals surface area contributed by atoms with Crippen LogP contribution in [0.15, 0.2) is 42.5 Å². The first-order valence-electron chi connectivity index (χ1n) is 9.78. The first-order chi connectivity index (χ1) is 14.4. The Labute approximate surface area is 175 Å². The SMILES string of the molecule is CCN(CC(=O)Nc1ccc(NC(C)=O)cc1)C(=O)Cc1ccc2c(c1)OCCO2. The molecule has 0 saturated carbocycles. The molecule has 0 atom stereocenters. The van der Waals surface area contributed by atoms with Gasteiger partial charge in [0.1, 0.15) is 13.2 Å². The number of ether oxygens (including phenoxy) is 2. The zero-order valence-electron chi connectivity index (χ0n) is 17.1. The van der Waals surface area contributed by atoms with Gasteiger partial charge in [-0.15, -0.1) is 0 Å². The summed E-state index contributed by atoms with van der Waals surface area (Å²) in [5.74, 6) is 0.704. The Morgan fingerprint density at radius 3 is 2.20 bits per heavy atom. The number of carbonyl (C=O) groups is 3. The summed E-state index contributed by atoms with van der Waals surface area (Å²) in [5.41, 5.74) is 2.03. The fourth-order valence-corrected chi connectivity index (χ4v) is 3.07. The molecule has 0 saturated heterocycles. The first kappa shape index (κ1) is 21.2. The second-order valence-electron chi connectivity index (χ2n) is 6.87. The van der Waals surface area contributed by atoms with Gasteiger partial charge in [-0.1, -0.05) is 6.07 Å². The van der Waals surface area contributed by atoms with Gasteiger partial charge in [0.25, 0.3) is 0 Å². The van der Waals surface area contributed by atoms with E-state index in [-0.39, 0.29) is 30.7 Å². The highest BCUT2D eigenvalue weighted by molar-refractivity contribution is 5.95. The van der Waals surface area contributed by atoms with Crippen LogP contribution in [0.5, 0.6) is 11.5 Å². The van der Waals surface area contributed by atoms with Crippen LogP contribution < -0.4 is 20.1 Å². The molecule has 0 radical (unpaired) electrons. The Morgan fingerprint density at radius 1 is 0.933 bits per heavy atom. The van der Waals surface area contributed by atoms with E-state index in [1.807, 2.05) is 13.0 Å². The number of fused-ring (bicyclic) bond motifs is 1.